The van der Waals surface area contributed by atoms with Gasteiger partial charge in [0.05, 0.1) is 5.57 Å². The summed E-state index contributed by atoms with van der Waals surface area (Å²) in [5, 5.41) is 17.3. The van der Waals surface area contributed by atoms with E-state index in [4.69, 9.17) is 5.41 Å². The molecule has 17 heavy (non-hydrogen) atoms. The fourth-order valence-electron chi connectivity index (χ4n) is 2.28. The minimum absolute atomic E-state index is 0.0341. The van der Waals surface area contributed by atoms with Crippen LogP contribution < -0.4 is 0 Å². The van der Waals surface area contributed by atoms with Gasteiger partial charge in [-0.2, -0.15) is 0 Å². The fraction of sp³-hybridized carbons (Fsp3) is 0.286. The highest BCUT2D eigenvalue weighted by molar-refractivity contribution is 6.21. The molecule has 0 bridgehead atoms. The van der Waals surface area contributed by atoms with Gasteiger partial charge >= 0.3 is 0 Å². The summed E-state index contributed by atoms with van der Waals surface area (Å²) in [6, 6.07) is 9.72. The molecule has 2 rings (SSSR count). The first-order chi connectivity index (χ1) is 8.09. The van der Waals surface area contributed by atoms with E-state index >= 15 is 0 Å². The van der Waals surface area contributed by atoms with Crippen molar-refractivity contribution >= 4 is 11.5 Å². The molecule has 3 heteroatoms. The van der Waals surface area contributed by atoms with E-state index in [2.05, 4.69) is 0 Å². The van der Waals surface area contributed by atoms with Crippen LogP contribution in [0.15, 0.2) is 41.7 Å². The smallest absolute Gasteiger partial charge is 0.168 e. The second-order valence-corrected chi connectivity index (χ2v) is 4.39. The third-order valence-electron chi connectivity index (χ3n) is 3.08. The van der Waals surface area contributed by atoms with Gasteiger partial charge in [-0.25, -0.2) is 0 Å². The Hall–Kier alpha value is -1.90. The lowest BCUT2D eigenvalue weighted by Gasteiger charge is -2.23. The number of hydrogen-bond acceptors (Lipinski definition) is 3. The predicted octanol–water partition coefficient (Wildman–Crippen LogP) is 2.98. The number of hydrogen-bond donors (Lipinski definition) is 2. The second-order valence-electron chi connectivity index (χ2n) is 4.39. The molecule has 0 radical (unpaired) electrons. The highest BCUT2D eigenvalue weighted by Crippen LogP contribution is 2.33. The summed E-state index contributed by atoms with van der Waals surface area (Å²) < 4.78 is 0. The predicted molar refractivity (Wildman–Crippen MR) is 66.5 cm³/mol. The molecule has 3 nitrogen and oxygen atoms in total. The Morgan fingerprint density at radius 2 is 1.94 bits per heavy atom. The normalized spacial score (nSPS) is 20.5. The number of Topliss-reactive ketones (excluding diaryl/α,β-unsaturated/α-hetero) is 1. The van der Waals surface area contributed by atoms with Crippen molar-refractivity contribution < 1.29 is 9.90 Å². The lowest BCUT2D eigenvalue weighted by atomic mass is 9.81. The zero-order chi connectivity index (χ0) is 12.4. The maximum absolute atomic E-state index is 11.9. The van der Waals surface area contributed by atoms with Gasteiger partial charge in [0.15, 0.2) is 5.78 Å². The Morgan fingerprint density at radius 1 is 1.29 bits per heavy atom. The quantitative estimate of drug-likeness (QED) is 0.766. The third kappa shape index (κ3) is 2.28. The molecule has 2 N–H and O–H groups in total. The number of carbonyl (C=O) groups excluding carboxylic acids is 1. The Balaban J connectivity index is 2.30. The van der Waals surface area contributed by atoms with Crippen LogP contribution in [0.1, 0.15) is 31.2 Å². The topological polar surface area (TPSA) is 61.1 Å². The van der Waals surface area contributed by atoms with E-state index in [0.717, 1.165) is 5.56 Å². The second kappa shape index (κ2) is 4.53. The number of benzene rings is 1. The number of allylic oxidation sites excluding steroid dienone is 2. The lowest BCUT2D eigenvalue weighted by molar-refractivity contribution is -0.116. The molecule has 0 fully saturated rings. The molecule has 1 aliphatic rings. The van der Waals surface area contributed by atoms with E-state index < -0.39 is 0 Å². The molecule has 0 aromatic heterocycles. The van der Waals surface area contributed by atoms with E-state index in [1.807, 2.05) is 30.3 Å². The average molecular weight is 229 g/mol. The SMILES string of the molecule is CC(=N)C1=C(O)CC(c2ccccc2)CC1=O. The van der Waals surface area contributed by atoms with Gasteiger partial charge in [-0.3, -0.25) is 4.79 Å². The summed E-state index contributed by atoms with van der Waals surface area (Å²) in [5.74, 6) is -0.0375. The molecule has 0 saturated carbocycles. The van der Waals surface area contributed by atoms with Crippen LogP contribution in [0.2, 0.25) is 0 Å². The molecule has 0 spiro atoms. The summed E-state index contributed by atoms with van der Waals surface area (Å²) in [5.41, 5.74) is 1.42. The first kappa shape index (κ1) is 11.6. The van der Waals surface area contributed by atoms with Gasteiger partial charge in [0, 0.05) is 18.6 Å². The third-order valence-corrected chi connectivity index (χ3v) is 3.08. The van der Waals surface area contributed by atoms with Crippen molar-refractivity contribution in [2.24, 2.45) is 0 Å². The van der Waals surface area contributed by atoms with E-state index in [1.165, 1.54) is 6.92 Å². The molecule has 0 saturated heterocycles. The van der Waals surface area contributed by atoms with Gasteiger partial charge in [-0.05, 0) is 18.4 Å². The Morgan fingerprint density at radius 3 is 2.47 bits per heavy atom. The molecule has 0 heterocycles. The first-order valence-electron chi connectivity index (χ1n) is 5.65. The zero-order valence-electron chi connectivity index (χ0n) is 9.73. The van der Waals surface area contributed by atoms with Crippen molar-refractivity contribution in [3.05, 3.63) is 47.2 Å². The van der Waals surface area contributed by atoms with Crippen molar-refractivity contribution in [1.29, 1.82) is 5.41 Å². The van der Waals surface area contributed by atoms with Crippen LogP contribution in [0.5, 0.6) is 0 Å². The Bertz CT molecular complexity index is 488. The van der Waals surface area contributed by atoms with Gasteiger partial charge in [-0.15, -0.1) is 0 Å². The summed E-state index contributed by atoms with van der Waals surface area (Å²) in [4.78, 5) is 11.9. The Kier molecular flexibility index (Phi) is 3.09. The molecular weight excluding hydrogens is 214 g/mol. The van der Waals surface area contributed by atoms with Crippen molar-refractivity contribution in [2.75, 3.05) is 0 Å². The number of aliphatic hydroxyl groups is 1. The van der Waals surface area contributed by atoms with Crippen LogP contribution in [0, 0.1) is 5.41 Å². The molecule has 1 unspecified atom stereocenters. The van der Waals surface area contributed by atoms with Crippen LogP contribution >= 0.6 is 0 Å². The summed E-state index contributed by atoms with van der Waals surface area (Å²) in [6.07, 6.45) is 0.820. The largest absolute Gasteiger partial charge is 0.511 e. The number of nitrogens with one attached hydrogen (secondary N) is 1. The average Bonchev–Trinajstić information content (AvgIpc) is 2.28. The maximum atomic E-state index is 11.9. The molecular formula is C14H15NO2. The van der Waals surface area contributed by atoms with E-state index in [-0.39, 0.29) is 28.7 Å². The van der Waals surface area contributed by atoms with Gasteiger partial charge in [0.25, 0.3) is 0 Å². The van der Waals surface area contributed by atoms with E-state index in [0.29, 0.717) is 12.8 Å². The van der Waals surface area contributed by atoms with Crippen molar-refractivity contribution in [3.63, 3.8) is 0 Å². The number of ketones is 1. The van der Waals surface area contributed by atoms with Gasteiger partial charge in [0.1, 0.15) is 5.76 Å². The van der Waals surface area contributed by atoms with Crippen molar-refractivity contribution in [1.82, 2.24) is 0 Å². The van der Waals surface area contributed by atoms with Crippen LogP contribution in [0.4, 0.5) is 0 Å². The van der Waals surface area contributed by atoms with Crippen molar-refractivity contribution in [3.8, 4) is 0 Å². The van der Waals surface area contributed by atoms with Crippen LogP contribution in [0.3, 0.4) is 0 Å². The standard InChI is InChI=1S/C14H15NO2/c1-9(15)14-12(16)7-11(8-13(14)17)10-5-3-2-4-6-10/h2-6,11,15-16H,7-8H2,1H3. The summed E-state index contributed by atoms with van der Waals surface area (Å²) in [7, 11) is 0. The van der Waals surface area contributed by atoms with E-state index in [9.17, 15) is 9.90 Å². The minimum atomic E-state index is -0.130. The number of aliphatic hydroxyl groups excluding tert-OH is 1. The molecule has 1 aliphatic carbocycles. The summed E-state index contributed by atoms with van der Waals surface area (Å²) in [6.45, 7) is 1.53. The highest BCUT2D eigenvalue weighted by Gasteiger charge is 2.29. The number of rotatable bonds is 2. The van der Waals surface area contributed by atoms with Crippen molar-refractivity contribution in [2.45, 2.75) is 25.7 Å². The monoisotopic (exact) mass is 229 g/mol. The van der Waals surface area contributed by atoms with Gasteiger partial charge in [-0.1, -0.05) is 30.3 Å². The molecule has 88 valence electrons. The maximum Gasteiger partial charge on any atom is 0.168 e. The van der Waals surface area contributed by atoms with Gasteiger partial charge in [0.2, 0.25) is 0 Å². The van der Waals surface area contributed by atoms with Crippen LogP contribution in [0.25, 0.3) is 0 Å². The minimum Gasteiger partial charge on any atom is -0.511 e. The molecule has 1 atom stereocenters. The van der Waals surface area contributed by atoms with Crippen LogP contribution in [-0.2, 0) is 4.79 Å². The van der Waals surface area contributed by atoms with Crippen LogP contribution in [-0.4, -0.2) is 16.6 Å². The molecule has 1 aromatic carbocycles. The van der Waals surface area contributed by atoms with Gasteiger partial charge < -0.3 is 10.5 Å². The van der Waals surface area contributed by atoms with E-state index in [1.54, 1.807) is 0 Å². The molecule has 1 aromatic rings. The first-order valence-corrected chi connectivity index (χ1v) is 5.65. The number of carbonyl (C=O) groups is 1. The molecule has 0 amide bonds. The summed E-state index contributed by atoms with van der Waals surface area (Å²) >= 11 is 0. The molecule has 0 aliphatic heterocycles. The fourth-order valence-corrected chi connectivity index (χ4v) is 2.28. The Labute approximate surface area is 100 Å². The lowest BCUT2D eigenvalue weighted by Crippen LogP contribution is -2.22. The highest BCUT2D eigenvalue weighted by atomic mass is 16.3. The zero-order valence-corrected chi connectivity index (χ0v) is 9.73.